The summed E-state index contributed by atoms with van der Waals surface area (Å²) in [4.78, 5) is 0. The van der Waals surface area contributed by atoms with Crippen molar-refractivity contribution in [3.63, 3.8) is 0 Å². The van der Waals surface area contributed by atoms with E-state index in [1.807, 2.05) is 20.8 Å². The molecule has 0 rings (SSSR count). The van der Waals surface area contributed by atoms with Crippen molar-refractivity contribution in [2.75, 3.05) is 0 Å². The monoisotopic (exact) mass is 194 g/mol. The Morgan fingerprint density at radius 2 is 1.77 bits per heavy atom. The van der Waals surface area contributed by atoms with Gasteiger partial charge in [-0.3, -0.25) is 0 Å². The van der Waals surface area contributed by atoms with Crippen molar-refractivity contribution in [3.05, 3.63) is 0 Å². The zero-order valence-corrected chi connectivity index (χ0v) is 8.63. The first-order chi connectivity index (χ1) is 6.00. The van der Waals surface area contributed by atoms with Gasteiger partial charge in [0.25, 0.3) is 6.43 Å². The Morgan fingerprint density at radius 1 is 1.23 bits per heavy atom. The molecular weight excluding hydrogens is 174 g/mol. The summed E-state index contributed by atoms with van der Waals surface area (Å²) in [5.41, 5.74) is 0. The topological polar surface area (TPSA) is 20.2 Å². The summed E-state index contributed by atoms with van der Waals surface area (Å²) < 4.78 is 24.4. The number of aliphatic hydroxyl groups excluding tert-OH is 1. The number of halogens is 2. The second-order valence-corrected chi connectivity index (χ2v) is 3.88. The third-order valence-electron chi connectivity index (χ3n) is 2.44. The van der Waals surface area contributed by atoms with Crippen LogP contribution in [0.5, 0.6) is 0 Å². The summed E-state index contributed by atoms with van der Waals surface area (Å²) in [6.45, 7) is 5.78. The van der Waals surface area contributed by atoms with Crippen LogP contribution in [0.2, 0.25) is 0 Å². The van der Waals surface area contributed by atoms with Gasteiger partial charge in [-0.15, -0.1) is 0 Å². The normalized spacial score (nSPS) is 16.6. The van der Waals surface area contributed by atoms with Crippen LogP contribution in [0.4, 0.5) is 8.78 Å². The number of aliphatic hydroxyl groups is 1. The third-order valence-corrected chi connectivity index (χ3v) is 2.44. The molecule has 0 heterocycles. The second kappa shape index (κ2) is 6.30. The lowest BCUT2D eigenvalue weighted by Crippen LogP contribution is -2.31. The summed E-state index contributed by atoms with van der Waals surface area (Å²) in [6, 6.07) is 0. The first-order valence-electron chi connectivity index (χ1n) is 4.96. The van der Waals surface area contributed by atoms with Gasteiger partial charge in [0.05, 0.1) is 0 Å². The fraction of sp³-hybridized carbons (Fsp3) is 1.00. The van der Waals surface area contributed by atoms with Crippen molar-refractivity contribution >= 4 is 0 Å². The molecule has 0 spiro atoms. The van der Waals surface area contributed by atoms with Crippen molar-refractivity contribution in [2.24, 2.45) is 11.8 Å². The predicted molar refractivity (Wildman–Crippen MR) is 49.9 cm³/mol. The van der Waals surface area contributed by atoms with E-state index >= 15 is 0 Å². The Balaban J connectivity index is 4.07. The fourth-order valence-electron chi connectivity index (χ4n) is 1.53. The van der Waals surface area contributed by atoms with Crippen molar-refractivity contribution in [1.82, 2.24) is 0 Å². The van der Waals surface area contributed by atoms with E-state index in [4.69, 9.17) is 0 Å². The molecule has 0 fully saturated rings. The van der Waals surface area contributed by atoms with E-state index in [-0.39, 0.29) is 11.8 Å². The summed E-state index contributed by atoms with van der Waals surface area (Å²) in [6.07, 6.45) is -1.47. The van der Waals surface area contributed by atoms with Gasteiger partial charge in [0.1, 0.15) is 6.10 Å². The summed E-state index contributed by atoms with van der Waals surface area (Å²) in [5.74, 6) is -0.143. The molecule has 0 radical (unpaired) electrons. The quantitative estimate of drug-likeness (QED) is 0.689. The van der Waals surface area contributed by atoms with Crippen LogP contribution < -0.4 is 0 Å². The highest BCUT2D eigenvalue weighted by Gasteiger charge is 2.29. The summed E-state index contributed by atoms with van der Waals surface area (Å²) in [5, 5.41) is 9.23. The zero-order valence-electron chi connectivity index (χ0n) is 8.63. The molecule has 80 valence electrons. The maximum absolute atomic E-state index is 12.2. The molecule has 0 aliphatic carbocycles. The van der Waals surface area contributed by atoms with Gasteiger partial charge in [-0.2, -0.15) is 0 Å². The second-order valence-electron chi connectivity index (χ2n) is 3.88. The molecule has 0 saturated carbocycles. The fourth-order valence-corrected chi connectivity index (χ4v) is 1.53. The van der Waals surface area contributed by atoms with E-state index in [1.165, 1.54) is 0 Å². The molecule has 0 aromatic carbocycles. The molecule has 0 aromatic heterocycles. The van der Waals surface area contributed by atoms with E-state index < -0.39 is 12.5 Å². The van der Waals surface area contributed by atoms with Crippen LogP contribution in [0.25, 0.3) is 0 Å². The standard InChI is InChI=1S/C10H20F2O/c1-4-5-6-8(7(2)3)9(13)10(11)12/h7-10,13H,4-6H2,1-3H3/t8-,9-/m0/s1. The van der Waals surface area contributed by atoms with Gasteiger partial charge in [-0.25, -0.2) is 8.78 Å². The van der Waals surface area contributed by atoms with Gasteiger partial charge in [-0.05, 0) is 18.3 Å². The van der Waals surface area contributed by atoms with Crippen molar-refractivity contribution < 1.29 is 13.9 Å². The molecule has 0 aromatic rings. The molecule has 0 unspecified atom stereocenters. The summed E-state index contributed by atoms with van der Waals surface area (Å²) in [7, 11) is 0. The SMILES string of the molecule is CCCC[C@@H](C(C)C)[C@H](O)C(F)F. The van der Waals surface area contributed by atoms with Gasteiger partial charge in [0, 0.05) is 0 Å². The maximum atomic E-state index is 12.2. The molecule has 13 heavy (non-hydrogen) atoms. The zero-order chi connectivity index (χ0) is 10.4. The molecule has 0 bridgehead atoms. The Kier molecular flexibility index (Phi) is 6.21. The molecule has 1 nitrogen and oxygen atoms in total. The van der Waals surface area contributed by atoms with E-state index in [0.29, 0.717) is 6.42 Å². The highest BCUT2D eigenvalue weighted by atomic mass is 19.3. The molecule has 0 aliphatic rings. The molecule has 1 N–H and O–H groups in total. The minimum Gasteiger partial charge on any atom is -0.387 e. The minimum absolute atomic E-state index is 0.121. The van der Waals surface area contributed by atoms with Crippen LogP contribution in [-0.2, 0) is 0 Å². The average Bonchev–Trinajstić information content (AvgIpc) is 2.04. The Bertz CT molecular complexity index is 126. The predicted octanol–water partition coefficient (Wildman–Crippen LogP) is 3.07. The van der Waals surface area contributed by atoms with Crippen LogP contribution in [0.3, 0.4) is 0 Å². The van der Waals surface area contributed by atoms with Crippen molar-refractivity contribution in [2.45, 2.75) is 52.6 Å². The van der Waals surface area contributed by atoms with Gasteiger partial charge >= 0.3 is 0 Å². The Morgan fingerprint density at radius 3 is 2.08 bits per heavy atom. The van der Waals surface area contributed by atoms with Crippen LogP contribution in [0.1, 0.15) is 40.0 Å². The summed E-state index contributed by atoms with van der Waals surface area (Å²) >= 11 is 0. The number of unbranched alkanes of at least 4 members (excludes halogenated alkanes) is 1. The smallest absolute Gasteiger partial charge is 0.264 e. The van der Waals surface area contributed by atoms with E-state index in [9.17, 15) is 13.9 Å². The third kappa shape index (κ3) is 4.55. The first kappa shape index (κ1) is 12.8. The van der Waals surface area contributed by atoms with Gasteiger partial charge in [0.2, 0.25) is 0 Å². The van der Waals surface area contributed by atoms with E-state index in [0.717, 1.165) is 12.8 Å². The van der Waals surface area contributed by atoms with Crippen molar-refractivity contribution in [3.8, 4) is 0 Å². The van der Waals surface area contributed by atoms with E-state index in [1.54, 1.807) is 0 Å². The van der Waals surface area contributed by atoms with Crippen LogP contribution in [-0.4, -0.2) is 17.6 Å². The number of hydrogen-bond donors (Lipinski definition) is 1. The highest BCUT2D eigenvalue weighted by molar-refractivity contribution is 4.73. The minimum atomic E-state index is -2.61. The molecule has 0 amide bonds. The molecule has 2 atom stereocenters. The molecule has 0 saturated heterocycles. The average molecular weight is 194 g/mol. The lowest BCUT2D eigenvalue weighted by Gasteiger charge is -2.25. The first-order valence-corrected chi connectivity index (χ1v) is 4.96. The van der Waals surface area contributed by atoms with Gasteiger partial charge in [-0.1, -0.05) is 33.6 Å². The van der Waals surface area contributed by atoms with Crippen molar-refractivity contribution in [1.29, 1.82) is 0 Å². The van der Waals surface area contributed by atoms with Crippen LogP contribution in [0.15, 0.2) is 0 Å². The molecular formula is C10H20F2O. The van der Waals surface area contributed by atoms with E-state index in [2.05, 4.69) is 0 Å². The van der Waals surface area contributed by atoms with Crippen LogP contribution in [0, 0.1) is 11.8 Å². The maximum Gasteiger partial charge on any atom is 0.264 e. The number of rotatable bonds is 6. The molecule has 3 heteroatoms. The highest BCUT2D eigenvalue weighted by Crippen LogP contribution is 2.25. The lowest BCUT2D eigenvalue weighted by molar-refractivity contribution is -0.0529. The van der Waals surface area contributed by atoms with Gasteiger partial charge in [0.15, 0.2) is 0 Å². The van der Waals surface area contributed by atoms with Gasteiger partial charge < -0.3 is 5.11 Å². The lowest BCUT2D eigenvalue weighted by atomic mass is 9.86. The Labute approximate surface area is 79.1 Å². The molecule has 0 aliphatic heterocycles. The number of hydrogen-bond acceptors (Lipinski definition) is 1. The largest absolute Gasteiger partial charge is 0.387 e. The van der Waals surface area contributed by atoms with Crippen LogP contribution >= 0.6 is 0 Å². The number of alkyl halides is 2. The Hall–Kier alpha value is -0.180.